The van der Waals surface area contributed by atoms with Gasteiger partial charge in [-0.2, -0.15) is 8.78 Å². The van der Waals surface area contributed by atoms with Crippen molar-refractivity contribution in [2.24, 2.45) is 0 Å². The minimum Gasteiger partial charge on any atom is -0.475 e. The molecule has 0 saturated heterocycles. The molecule has 0 amide bonds. The summed E-state index contributed by atoms with van der Waals surface area (Å²) in [5.74, 6) is -2.99. The number of ether oxygens (including phenoxy) is 1. The van der Waals surface area contributed by atoms with E-state index in [4.69, 9.17) is 5.11 Å². The fraction of sp³-hybridized carbons (Fsp3) is 0.667. The first-order chi connectivity index (χ1) is 4.65. The van der Waals surface area contributed by atoms with Gasteiger partial charge in [-0.25, -0.2) is 9.53 Å². The predicted molar refractivity (Wildman–Crippen MR) is 19.7 cm³/mol. The molecule has 0 aliphatic carbocycles. The highest BCUT2D eigenvalue weighted by Crippen LogP contribution is 2.27. The number of carboxylic acid groups (broad SMARTS) is 1. The van der Waals surface area contributed by atoms with E-state index in [1.165, 1.54) is 0 Å². The average Bonchev–Trinajstić information content (AvgIpc) is 1.56. The van der Waals surface area contributed by atoms with Gasteiger partial charge in [-0.1, -0.05) is 0 Å². The third kappa shape index (κ3) is 3.71. The van der Waals surface area contributed by atoms with Crippen LogP contribution >= 0.6 is 0 Å². The van der Waals surface area contributed by atoms with Crippen molar-refractivity contribution in [3.63, 3.8) is 0 Å². The van der Waals surface area contributed by atoms with Crippen molar-refractivity contribution in [2.75, 3.05) is 0 Å². The summed E-state index contributed by atoms with van der Waals surface area (Å²) in [6, 6.07) is 0. The quantitative estimate of drug-likeness (QED) is 0.649. The summed E-state index contributed by atoms with van der Waals surface area (Å²) in [6.07, 6.45) is -10.9. The second-order valence-electron chi connectivity index (χ2n) is 1.37. The summed E-state index contributed by atoms with van der Waals surface area (Å²) in [4.78, 5) is 9.32. The summed E-state index contributed by atoms with van der Waals surface area (Å²) in [5.41, 5.74) is 0. The molecule has 66 valence electrons. The van der Waals surface area contributed by atoms with Gasteiger partial charge < -0.3 is 5.11 Å². The van der Waals surface area contributed by atoms with Gasteiger partial charge in [0, 0.05) is 0 Å². The molecule has 8 heteroatoms. The van der Waals surface area contributed by atoms with Gasteiger partial charge in [0.2, 0.25) is 0 Å². The molecule has 0 bridgehead atoms. The van der Waals surface area contributed by atoms with Crippen molar-refractivity contribution < 1.29 is 36.6 Å². The lowest BCUT2D eigenvalue weighted by Gasteiger charge is -2.12. The van der Waals surface area contributed by atoms with Crippen molar-refractivity contribution in [2.45, 2.75) is 12.5 Å². The number of alkyl halides is 5. The Morgan fingerprint density at radius 1 is 1.18 bits per heavy atom. The van der Waals surface area contributed by atoms with Gasteiger partial charge in [0.1, 0.15) is 0 Å². The molecule has 0 atom stereocenters. The van der Waals surface area contributed by atoms with Crippen molar-refractivity contribution in [1.82, 2.24) is 0 Å². The first-order valence-corrected chi connectivity index (χ1v) is 2.03. The lowest BCUT2D eigenvalue weighted by molar-refractivity contribution is -0.413. The van der Waals surface area contributed by atoms with Crippen LogP contribution in [0.15, 0.2) is 0 Å². The number of hydrogen-bond acceptors (Lipinski definition) is 2. The zero-order valence-electron chi connectivity index (χ0n) is 4.65. The van der Waals surface area contributed by atoms with Gasteiger partial charge in [-0.3, -0.25) is 0 Å². The maximum atomic E-state index is 11.5. The Hall–Kier alpha value is -0.920. The average molecular weight is 180 g/mol. The van der Waals surface area contributed by atoms with Crippen LogP contribution < -0.4 is 0 Å². The zero-order valence-corrected chi connectivity index (χ0v) is 4.65. The van der Waals surface area contributed by atoms with Gasteiger partial charge >= 0.3 is 18.4 Å². The van der Waals surface area contributed by atoms with Crippen molar-refractivity contribution in [3.05, 3.63) is 0 Å². The van der Waals surface area contributed by atoms with Gasteiger partial charge in [-0.15, -0.1) is 13.2 Å². The van der Waals surface area contributed by atoms with E-state index in [1.807, 2.05) is 4.74 Å². The molecule has 0 unspecified atom stereocenters. The van der Waals surface area contributed by atoms with Gasteiger partial charge in [0.15, 0.2) is 0 Å². The normalized spacial score (nSPS) is 13.2. The first-order valence-electron chi connectivity index (χ1n) is 2.03. The second-order valence-corrected chi connectivity index (χ2v) is 1.37. The first kappa shape index (κ1) is 10.1. The Labute approximate surface area is 56.4 Å². The Morgan fingerprint density at radius 2 is 1.55 bits per heavy atom. The van der Waals surface area contributed by atoms with Crippen LogP contribution in [0.4, 0.5) is 22.0 Å². The van der Waals surface area contributed by atoms with E-state index in [-0.39, 0.29) is 0 Å². The number of carbonyl (C=O) groups is 1. The fourth-order valence-electron chi connectivity index (χ4n) is 0.189. The fourth-order valence-corrected chi connectivity index (χ4v) is 0.189. The number of carboxylic acids is 1. The maximum Gasteiger partial charge on any atom is 0.527 e. The van der Waals surface area contributed by atoms with Crippen LogP contribution in [0.5, 0.6) is 0 Å². The lowest BCUT2D eigenvalue weighted by atomic mass is 10.6. The molecule has 0 saturated carbocycles. The van der Waals surface area contributed by atoms with Crippen LogP contribution in [0.2, 0.25) is 0 Å². The Morgan fingerprint density at radius 3 is 1.64 bits per heavy atom. The molecule has 11 heavy (non-hydrogen) atoms. The van der Waals surface area contributed by atoms with E-state index < -0.39 is 18.4 Å². The van der Waals surface area contributed by atoms with Gasteiger partial charge in [0.25, 0.3) is 0 Å². The highest BCUT2D eigenvalue weighted by atomic mass is 19.4. The summed E-state index contributed by atoms with van der Waals surface area (Å²) < 4.78 is 57.8. The van der Waals surface area contributed by atoms with Crippen molar-refractivity contribution >= 4 is 5.97 Å². The third-order valence-electron chi connectivity index (χ3n) is 0.493. The molecule has 1 N–H and O–H groups in total. The highest BCUT2D eigenvalue weighted by Gasteiger charge is 2.51. The van der Waals surface area contributed by atoms with E-state index in [9.17, 15) is 26.7 Å². The molecular weight excluding hydrogens is 179 g/mol. The van der Waals surface area contributed by atoms with Crippen LogP contribution in [-0.4, -0.2) is 23.5 Å². The van der Waals surface area contributed by atoms with E-state index >= 15 is 0 Å². The molecule has 3 nitrogen and oxygen atoms in total. The standard InChI is InChI=1S/C3HF5O3/c4-2(5,1(9)10)11-3(6,7)8/h(H,9,10). The summed E-state index contributed by atoms with van der Waals surface area (Å²) in [7, 11) is 0. The zero-order chi connectivity index (χ0) is 9.28. The number of aliphatic carboxylic acids is 1. The lowest BCUT2D eigenvalue weighted by Crippen LogP contribution is -2.37. The molecule has 0 aliphatic heterocycles. The largest absolute Gasteiger partial charge is 0.527 e. The minimum atomic E-state index is -5.66. The van der Waals surface area contributed by atoms with Crippen molar-refractivity contribution in [1.29, 1.82) is 0 Å². The molecule has 0 aromatic heterocycles. The molecule has 0 aromatic carbocycles. The van der Waals surface area contributed by atoms with Crippen LogP contribution in [0.25, 0.3) is 0 Å². The number of hydrogen-bond donors (Lipinski definition) is 1. The topological polar surface area (TPSA) is 46.5 Å². The molecule has 0 fully saturated rings. The van der Waals surface area contributed by atoms with E-state index in [2.05, 4.69) is 0 Å². The predicted octanol–water partition coefficient (Wildman–Crippen LogP) is 1.20. The summed E-state index contributed by atoms with van der Waals surface area (Å²) in [6.45, 7) is 0. The molecule has 0 heterocycles. The second kappa shape index (κ2) is 2.61. The molecule has 0 aromatic rings. The van der Waals surface area contributed by atoms with E-state index in [0.717, 1.165) is 0 Å². The smallest absolute Gasteiger partial charge is 0.475 e. The molecule has 0 aliphatic rings. The third-order valence-corrected chi connectivity index (χ3v) is 0.493. The summed E-state index contributed by atoms with van der Waals surface area (Å²) in [5, 5.41) is 7.43. The Bertz CT molecular complexity index is 161. The van der Waals surface area contributed by atoms with Crippen LogP contribution in [0, 0.1) is 0 Å². The van der Waals surface area contributed by atoms with Crippen LogP contribution in [0.1, 0.15) is 0 Å². The number of rotatable bonds is 2. The maximum absolute atomic E-state index is 11.5. The van der Waals surface area contributed by atoms with E-state index in [1.54, 1.807) is 0 Å². The highest BCUT2D eigenvalue weighted by molar-refractivity contribution is 5.73. The molecular formula is C3HF5O3. The number of halogens is 5. The van der Waals surface area contributed by atoms with E-state index in [0.29, 0.717) is 0 Å². The van der Waals surface area contributed by atoms with Gasteiger partial charge in [-0.05, 0) is 0 Å². The van der Waals surface area contributed by atoms with Gasteiger partial charge in [0.05, 0.1) is 0 Å². The summed E-state index contributed by atoms with van der Waals surface area (Å²) >= 11 is 0. The molecule has 0 rings (SSSR count). The monoisotopic (exact) mass is 180 g/mol. The van der Waals surface area contributed by atoms with Crippen LogP contribution in [0.3, 0.4) is 0 Å². The molecule has 0 radical (unpaired) electrons. The van der Waals surface area contributed by atoms with Crippen molar-refractivity contribution in [3.8, 4) is 0 Å². The Balaban J connectivity index is 4.25. The SMILES string of the molecule is O=C(O)C(F)(F)OC(F)(F)F. The Kier molecular flexibility index (Phi) is 2.39. The molecule has 0 spiro atoms. The van der Waals surface area contributed by atoms with Crippen LogP contribution in [-0.2, 0) is 9.53 Å². The minimum absolute atomic E-state index is 1.95.